The second kappa shape index (κ2) is 12.2. The number of thiazole rings is 1. The number of aliphatic hydroxyl groups excluding tert-OH is 1. The van der Waals surface area contributed by atoms with E-state index in [2.05, 4.69) is 6.92 Å². The summed E-state index contributed by atoms with van der Waals surface area (Å²) >= 11 is 1.34. The van der Waals surface area contributed by atoms with E-state index in [4.69, 9.17) is 19.2 Å². The molecular formula is C33H34N2O6S. The Bertz CT molecular complexity index is 1670. The highest BCUT2D eigenvalue weighted by Gasteiger charge is 2.48. The summed E-state index contributed by atoms with van der Waals surface area (Å²) in [6.45, 7) is 8.88. The zero-order valence-corrected chi connectivity index (χ0v) is 25.2. The first-order valence-electron chi connectivity index (χ1n) is 14.0. The minimum atomic E-state index is -0.946. The van der Waals surface area contributed by atoms with Gasteiger partial charge in [0.05, 0.1) is 42.2 Å². The van der Waals surface area contributed by atoms with Crippen molar-refractivity contribution in [2.75, 3.05) is 25.2 Å². The van der Waals surface area contributed by atoms with E-state index in [0.717, 1.165) is 34.2 Å². The van der Waals surface area contributed by atoms with E-state index in [1.54, 1.807) is 49.6 Å². The number of unbranched alkanes of at least 4 members (excludes halogenated alkanes) is 1. The maximum absolute atomic E-state index is 13.7. The van der Waals surface area contributed by atoms with Crippen molar-refractivity contribution in [2.45, 2.75) is 46.6 Å². The van der Waals surface area contributed by atoms with Gasteiger partial charge in [0.15, 0.2) is 16.6 Å². The van der Waals surface area contributed by atoms with Crippen molar-refractivity contribution in [3.8, 4) is 17.2 Å². The summed E-state index contributed by atoms with van der Waals surface area (Å²) < 4.78 is 18.1. The lowest BCUT2D eigenvalue weighted by molar-refractivity contribution is -0.132. The van der Waals surface area contributed by atoms with Crippen molar-refractivity contribution < 1.29 is 28.9 Å². The topological polar surface area (TPSA) is 98.2 Å². The summed E-state index contributed by atoms with van der Waals surface area (Å²) in [7, 11) is 1.55. The fourth-order valence-corrected chi connectivity index (χ4v) is 6.29. The van der Waals surface area contributed by atoms with E-state index in [-0.39, 0.29) is 11.3 Å². The number of benzene rings is 3. The smallest absolute Gasteiger partial charge is 0.301 e. The number of ether oxygens (including phenoxy) is 3. The quantitative estimate of drug-likeness (QED) is 0.0914. The van der Waals surface area contributed by atoms with E-state index >= 15 is 0 Å². The molecule has 0 radical (unpaired) electrons. The van der Waals surface area contributed by atoms with Crippen LogP contribution < -0.4 is 19.1 Å². The van der Waals surface area contributed by atoms with Crippen LogP contribution in [0.3, 0.4) is 0 Å². The van der Waals surface area contributed by atoms with E-state index in [9.17, 15) is 14.7 Å². The van der Waals surface area contributed by atoms with Crippen LogP contribution in [0.2, 0.25) is 0 Å². The third kappa shape index (κ3) is 5.44. The molecule has 4 aromatic rings. The molecular weight excluding hydrogens is 552 g/mol. The molecule has 1 fully saturated rings. The zero-order chi connectivity index (χ0) is 30.0. The summed E-state index contributed by atoms with van der Waals surface area (Å²) in [5.74, 6) is -0.155. The SMILES string of the molecule is CCCCOc1ccc(C2C(=C(O)c3ccc(OC)cc3)C(=O)C(=O)N2c2nc3c(C)cc(C)cc3s2)cc1OCC. The number of carbonyl (C=O) groups is 2. The van der Waals surface area contributed by atoms with Crippen LogP contribution in [0.15, 0.2) is 60.2 Å². The number of aliphatic hydroxyl groups is 1. The molecule has 0 spiro atoms. The summed E-state index contributed by atoms with van der Waals surface area (Å²) in [5, 5.41) is 11.9. The number of ketones is 1. The van der Waals surface area contributed by atoms with Gasteiger partial charge in [-0.05, 0) is 86.3 Å². The van der Waals surface area contributed by atoms with E-state index in [1.807, 2.05) is 32.9 Å². The average Bonchev–Trinajstić information content (AvgIpc) is 3.52. The molecule has 0 bridgehead atoms. The molecule has 1 aliphatic heterocycles. The van der Waals surface area contributed by atoms with Gasteiger partial charge in [0.1, 0.15) is 11.5 Å². The Morgan fingerprint density at radius 2 is 1.76 bits per heavy atom. The van der Waals surface area contributed by atoms with Crippen molar-refractivity contribution in [1.82, 2.24) is 4.98 Å². The van der Waals surface area contributed by atoms with Gasteiger partial charge in [-0.3, -0.25) is 14.5 Å². The monoisotopic (exact) mass is 586 g/mol. The highest BCUT2D eigenvalue weighted by Crippen LogP contribution is 2.46. The Kier molecular flexibility index (Phi) is 8.49. The molecule has 42 heavy (non-hydrogen) atoms. The van der Waals surface area contributed by atoms with E-state index < -0.39 is 17.7 Å². The number of fused-ring (bicyclic) bond motifs is 1. The van der Waals surface area contributed by atoms with Gasteiger partial charge in [-0.15, -0.1) is 0 Å². The maximum Gasteiger partial charge on any atom is 0.301 e. The van der Waals surface area contributed by atoms with Gasteiger partial charge in [0, 0.05) is 5.56 Å². The van der Waals surface area contributed by atoms with Crippen LogP contribution in [-0.2, 0) is 9.59 Å². The minimum absolute atomic E-state index is 0.0283. The molecule has 1 aromatic heterocycles. The highest BCUT2D eigenvalue weighted by atomic mass is 32.1. The van der Waals surface area contributed by atoms with Crippen molar-refractivity contribution in [2.24, 2.45) is 0 Å². The Balaban J connectivity index is 1.70. The van der Waals surface area contributed by atoms with Gasteiger partial charge >= 0.3 is 5.91 Å². The second-order valence-corrected chi connectivity index (χ2v) is 11.2. The number of nitrogens with zero attached hydrogens (tertiary/aromatic N) is 2. The van der Waals surface area contributed by atoms with Crippen LogP contribution in [0, 0.1) is 13.8 Å². The summed E-state index contributed by atoms with van der Waals surface area (Å²) in [4.78, 5) is 33.6. The van der Waals surface area contributed by atoms with Crippen molar-refractivity contribution in [3.63, 3.8) is 0 Å². The molecule has 1 unspecified atom stereocenters. The van der Waals surface area contributed by atoms with E-state index in [1.165, 1.54) is 16.2 Å². The fourth-order valence-electron chi connectivity index (χ4n) is 5.12. The van der Waals surface area contributed by atoms with Crippen LogP contribution >= 0.6 is 11.3 Å². The van der Waals surface area contributed by atoms with Crippen LogP contribution in [0.1, 0.15) is 55.0 Å². The number of Topliss-reactive ketones (excluding diaryl/α,β-unsaturated/α-hetero) is 1. The molecule has 1 amide bonds. The van der Waals surface area contributed by atoms with Gasteiger partial charge in [0.2, 0.25) is 0 Å². The van der Waals surface area contributed by atoms with Gasteiger partial charge < -0.3 is 19.3 Å². The summed E-state index contributed by atoms with van der Waals surface area (Å²) in [6.07, 6.45) is 1.88. The number of methoxy groups -OCH3 is 1. The standard InChI is InChI=1S/C33H34N2O6S/c1-6-8-15-41-24-14-11-22(18-25(24)40-7-2)29-27(30(36)21-9-12-23(39-5)13-10-21)31(37)32(38)35(29)33-34-28-20(4)16-19(3)17-26(28)42-33/h9-14,16-18,29,36H,6-8,15H2,1-5H3. The molecule has 8 nitrogen and oxygen atoms in total. The van der Waals surface area contributed by atoms with E-state index in [0.29, 0.717) is 46.7 Å². The first-order chi connectivity index (χ1) is 20.3. The third-order valence-electron chi connectivity index (χ3n) is 7.17. The highest BCUT2D eigenvalue weighted by molar-refractivity contribution is 7.22. The molecule has 1 N–H and O–H groups in total. The van der Waals surface area contributed by atoms with Gasteiger partial charge in [-0.25, -0.2) is 4.98 Å². The molecule has 3 aromatic carbocycles. The Morgan fingerprint density at radius 3 is 2.45 bits per heavy atom. The average molecular weight is 587 g/mol. The first kappa shape index (κ1) is 29.1. The number of hydrogen-bond donors (Lipinski definition) is 1. The predicted molar refractivity (Wildman–Crippen MR) is 165 cm³/mol. The Morgan fingerprint density at radius 1 is 1.00 bits per heavy atom. The molecule has 1 atom stereocenters. The van der Waals surface area contributed by atoms with Crippen molar-refractivity contribution in [1.29, 1.82) is 0 Å². The Hall–Kier alpha value is -4.37. The third-order valence-corrected chi connectivity index (χ3v) is 8.17. The molecule has 1 aliphatic rings. The predicted octanol–water partition coefficient (Wildman–Crippen LogP) is 7.13. The molecule has 218 valence electrons. The van der Waals surface area contributed by atoms with Crippen molar-refractivity contribution >= 4 is 44.1 Å². The zero-order valence-electron chi connectivity index (χ0n) is 24.4. The number of aryl methyl sites for hydroxylation is 2. The lowest BCUT2D eigenvalue weighted by atomic mass is 9.95. The number of anilines is 1. The number of aromatic nitrogens is 1. The normalized spacial score (nSPS) is 16.3. The number of amides is 1. The molecule has 5 rings (SSSR count). The maximum atomic E-state index is 13.7. The number of carbonyl (C=O) groups excluding carboxylic acids is 2. The van der Waals surface area contributed by atoms with Crippen molar-refractivity contribution in [3.05, 3.63) is 82.4 Å². The number of hydrogen-bond acceptors (Lipinski definition) is 8. The molecule has 9 heteroatoms. The summed E-state index contributed by atoms with van der Waals surface area (Å²) in [6, 6.07) is 15.2. The number of rotatable bonds is 10. The molecule has 0 aliphatic carbocycles. The lowest BCUT2D eigenvalue weighted by Gasteiger charge is -2.24. The Labute approximate surface area is 249 Å². The van der Waals surface area contributed by atoms with Crippen LogP contribution in [0.25, 0.3) is 16.0 Å². The minimum Gasteiger partial charge on any atom is -0.507 e. The summed E-state index contributed by atoms with van der Waals surface area (Å²) in [5.41, 5.74) is 3.77. The van der Waals surface area contributed by atoms with Gasteiger partial charge in [-0.1, -0.05) is 36.8 Å². The molecule has 2 heterocycles. The van der Waals surface area contributed by atoms with Gasteiger partial charge in [0.25, 0.3) is 5.78 Å². The van der Waals surface area contributed by atoms with Gasteiger partial charge in [-0.2, -0.15) is 0 Å². The fraction of sp³-hybridized carbons (Fsp3) is 0.303. The first-order valence-corrected chi connectivity index (χ1v) is 14.8. The molecule has 1 saturated heterocycles. The van der Waals surface area contributed by atoms with Crippen LogP contribution in [0.4, 0.5) is 5.13 Å². The lowest BCUT2D eigenvalue weighted by Crippen LogP contribution is -2.29. The largest absolute Gasteiger partial charge is 0.507 e. The van der Waals surface area contributed by atoms with Crippen LogP contribution in [0.5, 0.6) is 17.2 Å². The second-order valence-electron chi connectivity index (χ2n) is 10.2. The molecule has 0 saturated carbocycles. The van der Waals surface area contributed by atoms with Crippen LogP contribution in [-0.4, -0.2) is 42.1 Å².